The van der Waals surface area contributed by atoms with Gasteiger partial charge >= 0.3 is 0 Å². The van der Waals surface area contributed by atoms with Crippen molar-refractivity contribution in [1.82, 2.24) is 20.2 Å². The molecule has 5 nitrogen and oxygen atoms in total. The van der Waals surface area contributed by atoms with Gasteiger partial charge in [0.2, 0.25) is 0 Å². The zero-order valence-electron chi connectivity index (χ0n) is 7.82. The fraction of sp³-hybridized carbons (Fsp3) is 0.571. The molecule has 1 amide bonds. The molecule has 1 aromatic heterocycles. The van der Waals surface area contributed by atoms with E-state index in [2.05, 4.69) is 20.2 Å². The van der Waals surface area contributed by atoms with Gasteiger partial charge in [0.25, 0.3) is 5.91 Å². The van der Waals surface area contributed by atoms with Gasteiger partial charge in [-0.25, -0.2) is 0 Å². The van der Waals surface area contributed by atoms with E-state index in [0.29, 0.717) is 12.2 Å². The van der Waals surface area contributed by atoms with Crippen LogP contribution in [0.1, 0.15) is 17.4 Å². The van der Waals surface area contributed by atoms with E-state index in [1.807, 2.05) is 6.92 Å². The fourth-order valence-corrected chi connectivity index (χ4v) is 1.23. The lowest BCUT2D eigenvalue weighted by molar-refractivity contribution is 0.0949. The predicted octanol–water partition coefficient (Wildman–Crippen LogP) is 0.299. The summed E-state index contributed by atoms with van der Waals surface area (Å²) in [5.41, 5.74) is 0.390. The molecule has 0 fully saturated rings. The molecule has 80 valence electrons. The minimum absolute atomic E-state index is 0. The van der Waals surface area contributed by atoms with Crippen molar-refractivity contribution in [3.63, 3.8) is 0 Å². The van der Waals surface area contributed by atoms with Crippen LogP contribution >= 0.6 is 23.9 Å². The summed E-state index contributed by atoms with van der Waals surface area (Å²) in [5, 5.41) is 11.1. The van der Waals surface area contributed by atoms with E-state index in [1.54, 1.807) is 5.38 Å². The number of aromatic nitrogens is 2. The molecule has 0 saturated heterocycles. The molecule has 0 bridgehead atoms. The first-order chi connectivity index (χ1) is 6.34. The molecule has 1 aromatic rings. The van der Waals surface area contributed by atoms with Crippen molar-refractivity contribution in [2.24, 2.45) is 0 Å². The Labute approximate surface area is 92.9 Å². The van der Waals surface area contributed by atoms with E-state index in [1.165, 1.54) is 11.5 Å². The second kappa shape index (κ2) is 7.66. The Bertz CT molecular complexity index is 254. The van der Waals surface area contributed by atoms with Crippen LogP contribution in [-0.4, -0.2) is 35.1 Å². The van der Waals surface area contributed by atoms with Crippen LogP contribution in [0.5, 0.6) is 0 Å². The molecule has 1 heterocycles. The van der Waals surface area contributed by atoms with Crippen molar-refractivity contribution < 1.29 is 4.79 Å². The summed E-state index contributed by atoms with van der Waals surface area (Å²) >= 11 is 1.17. The first kappa shape index (κ1) is 13.3. The highest BCUT2D eigenvalue weighted by Gasteiger charge is 2.06. The van der Waals surface area contributed by atoms with Crippen molar-refractivity contribution in [2.45, 2.75) is 6.92 Å². The number of carbonyl (C=O) groups is 1. The molecule has 7 heteroatoms. The lowest BCUT2D eigenvalue weighted by atomic mass is 10.4. The van der Waals surface area contributed by atoms with Crippen LogP contribution in [0.25, 0.3) is 0 Å². The molecule has 14 heavy (non-hydrogen) atoms. The Morgan fingerprint density at radius 3 is 2.93 bits per heavy atom. The third kappa shape index (κ3) is 4.50. The molecule has 0 saturated carbocycles. The third-order valence-electron chi connectivity index (χ3n) is 1.43. The highest BCUT2D eigenvalue weighted by Crippen LogP contribution is 1.95. The highest BCUT2D eigenvalue weighted by molar-refractivity contribution is 7.03. The van der Waals surface area contributed by atoms with Crippen molar-refractivity contribution in [3.8, 4) is 0 Å². The topological polar surface area (TPSA) is 66.9 Å². The summed E-state index contributed by atoms with van der Waals surface area (Å²) < 4.78 is 3.60. The standard InChI is InChI=1S/C7H12N4OS.ClH/c1-2-8-3-4-9-7(12)6-5-13-11-10-6;/h5,8H,2-4H2,1H3,(H,9,12);1H. The fourth-order valence-electron chi connectivity index (χ4n) is 0.795. The molecule has 0 aliphatic rings. The Balaban J connectivity index is 0.00000169. The monoisotopic (exact) mass is 236 g/mol. The van der Waals surface area contributed by atoms with E-state index in [-0.39, 0.29) is 18.3 Å². The van der Waals surface area contributed by atoms with E-state index >= 15 is 0 Å². The summed E-state index contributed by atoms with van der Waals surface area (Å²) in [5.74, 6) is -0.161. The van der Waals surface area contributed by atoms with Crippen LogP contribution in [0.4, 0.5) is 0 Å². The molecule has 2 N–H and O–H groups in total. The van der Waals surface area contributed by atoms with Crippen molar-refractivity contribution in [2.75, 3.05) is 19.6 Å². The highest BCUT2D eigenvalue weighted by atomic mass is 35.5. The third-order valence-corrected chi connectivity index (χ3v) is 1.93. The Morgan fingerprint density at radius 2 is 2.36 bits per heavy atom. The average molecular weight is 237 g/mol. The van der Waals surface area contributed by atoms with Gasteiger partial charge in [0.1, 0.15) is 0 Å². The zero-order valence-corrected chi connectivity index (χ0v) is 9.45. The van der Waals surface area contributed by atoms with Crippen molar-refractivity contribution >= 4 is 29.8 Å². The van der Waals surface area contributed by atoms with Crippen LogP contribution in [0.2, 0.25) is 0 Å². The van der Waals surface area contributed by atoms with E-state index in [4.69, 9.17) is 0 Å². The first-order valence-corrected chi connectivity index (χ1v) is 4.94. The summed E-state index contributed by atoms with van der Waals surface area (Å²) in [6.45, 7) is 4.32. The average Bonchev–Trinajstić information content (AvgIpc) is 2.65. The second-order valence-electron chi connectivity index (χ2n) is 2.40. The molecular weight excluding hydrogens is 224 g/mol. The van der Waals surface area contributed by atoms with Gasteiger partial charge in [0.15, 0.2) is 5.69 Å². The smallest absolute Gasteiger partial charge is 0.272 e. The van der Waals surface area contributed by atoms with Crippen LogP contribution in [-0.2, 0) is 0 Å². The van der Waals surface area contributed by atoms with Crippen LogP contribution in [0, 0.1) is 0 Å². The van der Waals surface area contributed by atoms with Gasteiger partial charge in [0.05, 0.1) is 0 Å². The minimum atomic E-state index is -0.161. The quantitative estimate of drug-likeness (QED) is 0.722. The zero-order chi connectivity index (χ0) is 9.52. The number of nitrogens with one attached hydrogen (secondary N) is 2. The van der Waals surface area contributed by atoms with Crippen molar-refractivity contribution in [1.29, 1.82) is 0 Å². The summed E-state index contributed by atoms with van der Waals surface area (Å²) in [4.78, 5) is 11.2. The van der Waals surface area contributed by atoms with Crippen molar-refractivity contribution in [3.05, 3.63) is 11.1 Å². The Kier molecular flexibility index (Phi) is 7.27. The number of carbonyl (C=O) groups excluding carboxylic acids is 1. The molecule has 0 aromatic carbocycles. The Morgan fingerprint density at radius 1 is 1.57 bits per heavy atom. The maximum atomic E-state index is 11.2. The van der Waals surface area contributed by atoms with Gasteiger partial charge in [-0.15, -0.1) is 17.5 Å². The van der Waals surface area contributed by atoms with Crippen LogP contribution in [0.15, 0.2) is 5.38 Å². The normalized spacial score (nSPS) is 9.21. The predicted molar refractivity (Wildman–Crippen MR) is 58.0 cm³/mol. The van der Waals surface area contributed by atoms with E-state index < -0.39 is 0 Å². The number of hydrogen-bond donors (Lipinski definition) is 2. The largest absolute Gasteiger partial charge is 0.349 e. The number of rotatable bonds is 5. The SMILES string of the molecule is CCNCCNC(=O)c1csnn1.Cl. The molecule has 0 aliphatic heterocycles. The lowest BCUT2D eigenvalue weighted by Crippen LogP contribution is -2.31. The van der Waals surface area contributed by atoms with Crippen LogP contribution < -0.4 is 10.6 Å². The molecule has 0 unspecified atom stereocenters. The van der Waals surface area contributed by atoms with E-state index in [9.17, 15) is 4.79 Å². The molecule has 0 radical (unpaired) electrons. The maximum absolute atomic E-state index is 11.2. The van der Waals surface area contributed by atoms with E-state index in [0.717, 1.165) is 13.1 Å². The van der Waals surface area contributed by atoms with Gasteiger partial charge < -0.3 is 10.6 Å². The Hall–Kier alpha value is -0.720. The number of halogens is 1. The molecular formula is C7H13ClN4OS. The first-order valence-electron chi connectivity index (χ1n) is 4.10. The molecule has 0 spiro atoms. The maximum Gasteiger partial charge on any atom is 0.272 e. The van der Waals surface area contributed by atoms with Crippen LogP contribution in [0.3, 0.4) is 0 Å². The number of nitrogens with zero attached hydrogens (tertiary/aromatic N) is 2. The lowest BCUT2D eigenvalue weighted by Gasteiger charge is -2.02. The second-order valence-corrected chi connectivity index (χ2v) is 3.01. The summed E-state index contributed by atoms with van der Waals surface area (Å²) in [6.07, 6.45) is 0. The van der Waals surface area contributed by atoms with Gasteiger partial charge in [-0.1, -0.05) is 11.4 Å². The minimum Gasteiger partial charge on any atom is -0.349 e. The summed E-state index contributed by atoms with van der Waals surface area (Å²) in [7, 11) is 0. The van der Waals surface area contributed by atoms with Gasteiger partial charge in [0, 0.05) is 18.5 Å². The summed E-state index contributed by atoms with van der Waals surface area (Å²) in [6, 6.07) is 0. The molecule has 0 atom stereocenters. The van der Waals surface area contributed by atoms with Gasteiger partial charge in [-0.2, -0.15) is 0 Å². The molecule has 0 aliphatic carbocycles. The number of amides is 1. The van der Waals surface area contributed by atoms with Gasteiger partial charge in [-0.3, -0.25) is 4.79 Å². The number of hydrogen-bond acceptors (Lipinski definition) is 5. The molecule has 1 rings (SSSR count). The van der Waals surface area contributed by atoms with Gasteiger partial charge in [-0.05, 0) is 18.1 Å². The number of likely N-dealkylation sites (N-methyl/N-ethyl adjacent to an activating group) is 1.